The second-order valence-corrected chi connectivity index (χ2v) is 4.18. The Hall–Kier alpha value is -0.670. The van der Waals surface area contributed by atoms with E-state index in [-0.39, 0.29) is 5.82 Å². The lowest BCUT2D eigenvalue weighted by atomic mass is 10.1. The standard InChI is InChI=1S/C11H12BrFO/c1-7(8(2)14)3-9-4-10(12)6-11(13)5-9/h3-6,8,14H,1-2H3/b7-3+. The molecule has 0 radical (unpaired) electrons. The first kappa shape index (κ1) is 11.4. The average molecular weight is 259 g/mol. The molecule has 0 aliphatic heterocycles. The summed E-state index contributed by atoms with van der Waals surface area (Å²) in [6.45, 7) is 3.49. The summed E-state index contributed by atoms with van der Waals surface area (Å²) in [5, 5.41) is 9.25. The van der Waals surface area contributed by atoms with Crippen LogP contribution in [0.5, 0.6) is 0 Å². The van der Waals surface area contributed by atoms with Crippen LogP contribution in [-0.2, 0) is 0 Å². The van der Waals surface area contributed by atoms with Gasteiger partial charge in [-0.2, -0.15) is 0 Å². The summed E-state index contributed by atoms with van der Waals surface area (Å²) in [4.78, 5) is 0. The van der Waals surface area contributed by atoms with Crippen molar-refractivity contribution in [3.63, 3.8) is 0 Å². The van der Waals surface area contributed by atoms with Crippen LogP contribution in [0.25, 0.3) is 6.08 Å². The molecule has 76 valence electrons. The number of aliphatic hydroxyl groups excluding tert-OH is 1. The predicted octanol–water partition coefficient (Wildman–Crippen LogP) is 3.37. The summed E-state index contributed by atoms with van der Waals surface area (Å²) in [6.07, 6.45) is 1.26. The fourth-order valence-electron chi connectivity index (χ4n) is 1.04. The van der Waals surface area contributed by atoms with E-state index in [0.717, 1.165) is 11.1 Å². The second-order valence-electron chi connectivity index (χ2n) is 3.27. The lowest BCUT2D eigenvalue weighted by molar-refractivity contribution is 0.232. The number of benzene rings is 1. The Labute approximate surface area is 91.4 Å². The normalized spacial score (nSPS) is 14.2. The summed E-state index contributed by atoms with van der Waals surface area (Å²) in [5.41, 5.74) is 1.55. The molecule has 1 rings (SSSR count). The van der Waals surface area contributed by atoms with Gasteiger partial charge in [0.2, 0.25) is 0 Å². The first-order valence-corrected chi connectivity index (χ1v) is 5.10. The Morgan fingerprint density at radius 1 is 1.50 bits per heavy atom. The summed E-state index contributed by atoms with van der Waals surface area (Å²) in [5.74, 6) is -0.288. The summed E-state index contributed by atoms with van der Waals surface area (Å²) >= 11 is 3.21. The largest absolute Gasteiger partial charge is 0.389 e. The third kappa shape index (κ3) is 3.24. The molecular weight excluding hydrogens is 247 g/mol. The highest BCUT2D eigenvalue weighted by Gasteiger charge is 2.00. The van der Waals surface area contributed by atoms with Gasteiger partial charge in [-0.3, -0.25) is 0 Å². The molecular formula is C11H12BrFO. The molecule has 0 fully saturated rings. The molecule has 14 heavy (non-hydrogen) atoms. The fraction of sp³-hybridized carbons (Fsp3) is 0.273. The van der Waals surface area contributed by atoms with Crippen LogP contribution in [-0.4, -0.2) is 11.2 Å². The summed E-state index contributed by atoms with van der Waals surface area (Å²) < 4.78 is 13.7. The maximum Gasteiger partial charge on any atom is 0.124 e. The van der Waals surface area contributed by atoms with Gasteiger partial charge < -0.3 is 5.11 Å². The molecule has 0 aliphatic rings. The highest BCUT2D eigenvalue weighted by molar-refractivity contribution is 9.10. The van der Waals surface area contributed by atoms with E-state index in [4.69, 9.17) is 0 Å². The molecule has 3 heteroatoms. The third-order valence-electron chi connectivity index (χ3n) is 1.94. The van der Waals surface area contributed by atoms with Gasteiger partial charge in [0.05, 0.1) is 6.10 Å². The third-order valence-corrected chi connectivity index (χ3v) is 2.40. The van der Waals surface area contributed by atoms with Crippen LogP contribution in [0.3, 0.4) is 0 Å². The van der Waals surface area contributed by atoms with Gasteiger partial charge in [-0.25, -0.2) is 4.39 Å². The number of rotatable bonds is 2. The highest BCUT2D eigenvalue weighted by atomic mass is 79.9. The molecule has 0 amide bonds. The number of halogens is 2. The van der Waals surface area contributed by atoms with E-state index in [1.54, 1.807) is 19.1 Å². The molecule has 0 heterocycles. The zero-order chi connectivity index (χ0) is 10.7. The maximum atomic E-state index is 13.0. The van der Waals surface area contributed by atoms with Crippen molar-refractivity contribution < 1.29 is 9.50 Å². The van der Waals surface area contributed by atoms with Crippen LogP contribution >= 0.6 is 15.9 Å². The van der Waals surface area contributed by atoms with Crippen LogP contribution in [0.4, 0.5) is 4.39 Å². The molecule has 1 unspecified atom stereocenters. The molecule has 1 nitrogen and oxygen atoms in total. The zero-order valence-corrected chi connectivity index (χ0v) is 9.68. The molecule has 0 saturated carbocycles. The molecule has 0 aromatic heterocycles. The van der Waals surface area contributed by atoms with Gasteiger partial charge in [-0.05, 0) is 43.2 Å². The van der Waals surface area contributed by atoms with Crippen molar-refractivity contribution in [1.82, 2.24) is 0 Å². The van der Waals surface area contributed by atoms with E-state index in [1.807, 2.05) is 6.92 Å². The minimum atomic E-state index is -0.503. The van der Waals surface area contributed by atoms with Crippen LogP contribution in [0.15, 0.2) is 28.2 Å². The molecule has 1 atom stereocenters. The van der Waals surface area contributed by atoms with Gasteiger partial charge in [0.25, 0.3) is 0 Å². The van der Waals surface area contributed by atoms with Crippen LogP contribution in [0.2, 0.25) is 0 Å². The second kappa shape index (κ2) is 4.71. The zero-order valence-electron chi connectivity index (χ0n) is 8.09. The van der Waals surface area contributed by atoms with Crippen molar-refractivity contribution in [3.8, 4) is 0 Å². The number of aliphatic hydroxyl groups is 1. The molecule has 1 N–H and O–H groups in total. The van der Waals surface area contributed by atoms with Gasteiger partial charge in [0, 0.05) is 4.47 Å². The van der Waals surface area contributed by atoms with Crippen molar-refractivity contribution in [3.05, 3.63) is 39.6 Å². The molecule has 1 aromatic rings. The summed E-state index contributed by atoms with van der Waals surface area (Å²) in [7, 11) is 0. The van der Waals surface area contributed by atoms with Crippen molar-refractivity contribution in [2.24, 2.45) is 0 Å². The first-order chi connectivity index (χ1) is 6.49. The topological polar surface area (TPSA) is 20.2 Å². The van der Waals surface area contributed by atoms with Gasteiger partial charge in [0.1, 0.15) is 5.82 Å². The van der Waals surface area contributed by atoms with E-state index in [2.05, 4.69) is 15.9 Å². The Morgan fingerprint density at radius 3 is 2.64 bits per heavy atom. The van der Waals surface area contributed by atoms with E-state index in [1.165, 1.54) is 12.1 Å². The monoisotopic (exact) mass is 258 g/mol. The molecule has 1 aromatic carbocycles. The number of hydrogen-bond donors (Lipinski definition) is 1. The maximum absolute atomic E-state index is 13.0. The van der Waals surface area contributed by atoms with Gasteiger partial charge in [-0.15, -0.1) is 0 Å². The van der Waals surface area contributed by atoms with Crippen LogP contribution in [0.1, 0.15) is 19.4 Å². The lowest BCUT2D eigenvalue weighted by Crippen LogP contribution is -2.00. The van der Waals surface area contributed by atoms with Crippen LogP contribution in [0, 0.1) is 5.82 Å². The minimum Gasteiger partial charge on any atom is -0.389 e. The van der Waals surface area contributed by atoms with Crippen molar-refractivity contribution in [1.29, 1.82) is 0 Å². The van der Waals surface area contributed by atoms with Crippen molar-refractivity contribution in [2.75, 3.05) is 0 Å². The van der Waals surface area contributed by atoms with E-state index < -0.39 is 6.10 Å². The van der Waals surface area contributed by atoms with E-state index >= 15 is 0 Å². The summed E-state index contributed by atoms with van der Waals surface area (Å²) in [6, 6.07) is 4.63. The Kier molecular flexibility index (Phi) is 3.84. The van der Waals surface area contributed by atoms with Gasteiger partial charge in [0.15, 0.2) is 0 Å². The Balaban J connectivity index is 3.02. The average Bonchev–Trinajstić information content (AvgIpc) is 2.01. The van der Waals surface area contributed by atoms with Gasteiger partial charge in [-0.1, -0.05) is 22.0 Å². The van der Waals surface area contributed by atoms with Gasteiger partial charge >= 0.3 is 0 Å². The van der Waals surface area contributed by atoms with Crippen molar-refractivity contribution >= 4 is 22.0 Å². The lowest BCUT2D eigenvalue weighted by Gasteiger charge is -2.04. The van der Waals surface area contributed by atoms with Crippen molar-refractivity contribution in [2.45, 2.75) is 20.0 Å². The van der Waals surface area contributed by atoms with Crippen LogP contribution < -0.4 is 0 Å². The number of hydrogen-bond acceptors (Lipinski definition) is 1. The molecule has 0 aliphatic carbocycles. The first-order valence-electron chi connectivity index (χ1n) is 4.31. The SMILES string of the molecule is C/C(=C\c1cc(F)cc(Br)c1)C(C)O. The molecule has 0 saturated heterocycles. The molecule has 0 spiro atoms. The predicted molar refractivity (Wildman–Crippen MR) is 59.4 cm³/mol. The Bertz CT molecular complexity index is 338. The highest BCUT2D eigenvalue weighted by Crippen LogP contribution is 2.17. The van der Waals surface area contributed by atoms with E-state index in [0.29, 0.717) is 4.47 Å². The quantitative estimate of drug-likeness (QED) is 0.863. The molecule has 0 bridgehead atoms. The fourth-order valence-corrected chi connectivity index (χ4v) is 1.53. The smallest absolute Gasteiger partial charge is 0.124 e. The minimum absolute atomic E-state index is 0.288. The Morgan fingerprint density at radius 2 is 2.14 bits per heavy atom. The van der Waals surface area contributed by atoms with E-state index in [9.17, 15) is 9.50 Å².